The lowest BCUT2D eigenvalue weighted by Gasteiger charge is -2.33. The van der Waals surface area contributed by atoms with Crippen molar-refractivity contribution in [1.29, 1.82) is 5.26 Å². The lowest BCUT2D eigenvalue weighted by Crippen LogP contribution is -2.47. The highest BCUT2D eigenvalue weighted by atomic mass is 16.5. The summed E-state index contributed by atoms with van der Waals surface area (Å²) in [7, 11) is 1.35. The van der Waals surface area contributed by atoms with E-state index in [2.05, 4.69) is 10.1 Å². The average molecular weight is 294 g/mol. The summed E-state index contributed by atoms with van der Waals surface area (Å²) < 4.78 is 4.66. The molecule has 1 N–H and O–H groups in total. The number of piperazine rings is 1. The first-order valence-corrected chi connectivity index (χ1v) is 6.95. The molecule has 0 aromatic heterocycles. The van der Waals surface area contributed by atoms with Crippen molar-refractivity contribution in [3.63, 3.8) is 0 Å². The summed E-state index contributed by atoms with van der Waals surface area (Å²) >= 11 is 0. The number of carbonyl (C=O) groups is 2. The second kappa shape index (κ2) is 8.15. The van der Waals surface area contributed by atoms with E-state index in [1.165, 1.54) is 7.11 Å². The maximum absolute atomic E-state index is 11.9. The number of rotatable bonds is 4. The Morgan fingerprint density at radius 2 is 1.95 bits per heavy atom. The van der Waals surface area contributed by atoms with E-state index in [4.69, 9.17) is 5.26 Å². The van der Waals surface area contributed by atoms with Crippen molar-refractivity contribution in [3.8, 4) is 6.07 Å². The molecule has 1 heterocycles. The zero-order valence-corrected chi connectivity index (χ0v) is 12.8. The van der Waals surface area contributed by atoms with Crippen LogP contribution in [-0.2, 0) is 9.53 Å². The van der Waals surface area contributed by atoms with Crippen molar-refractivity contribution in [3.05, 3.63) is 11.8 Å². The Labute approximate surface area is 125 Å². The molecule has 0 bridgehead atoms. The summed E-state index contributed by atoms with van der Waals surface area (Å²) in [4.78, 5) is 26.7. The molecule has 0 unspecified atom stereocenters. The van der Waals surface area contributed by atoms with Crippen molar-refractivity contribution in [2.45, 2.75) is 13.8 Å². The molecule has 0 aliphatic carbocycles. The standard InChI is InChI=1S/C14H22N4O3/c1-11(2)9-16-13(19)12(8-15)10-17-4-6-18(7-5-17)14(20)21-3/h10-11H,4-7,9H2,1-3H3,(H,16,19)/b12-10-. The molecule has 21 heavy (non-hydrogen) atoms. The van der Waals surface area contributed by atoms with Gasteiger partial charge in [-0.25, -0.2) is 4.79 Å². The van der Waals surface area contributed by atoms with Gasteiger partial charge in [-0.05, 0) is 5.92 Å². The fourth-order valence-corrected chi connectivity index (χ4v) is 1.88. The predicted octanol–water partition coefficient (Wildman–Crippen LogP) is 0.550. The van der Waals surface area contributed by atoms with Gasteiger partial charge < -0.3 is 19.9 Å². The number of carbonyl (C=O) groups excluding carboxylic acids is 2. The van der Waals surface area contributed by atoms with E-state index in [1.807, 2.05) is 24.8 Å². The number of ether oxygens (including phenoxy) is 1. The van der Waals surface area contributed by atoms with Crippen LogP contribution >= 0.6 is 0 Å². The number of hydrogen-bond donors (Lipinski definition) is 1. The van der Waals surface area contributed by atoms with Gasteiger partial charge in [0.15, 0.2) is 0 Å². The third-order valence-corrected chi connectivity index (χ3v) is 3.09. The summed E-state index contributed by atoms with van der Waals surface area (Å²) in [6, 6.07) is 1.92. The Balaban J connectivity index is 2.55. The quantitative estimate of drug-likeness (QED) is 0.604. The minimum atomic E-state index is -0.360. The molecule has 0 aromatic carbocycles. The minimum Gasteiger partial charge on any atom is -0.453 e. The molecule has 7 nitrogen and oxygen atoms in total. The molecule has 1 fully saturated rings. The third-order valence-electron chi connectivity index (χ3n) is 3.09. The van der Waals surface area contributed by atoms with Gasteiger partial charge >= 0.3 is 6.09 Å². The minimum absolute atomic E-state index is 0.0853. The first-order chi connectivity index (χ1) is 9.97. The molecule has 116 valence electrons. The van der Waals surface area contributed by atoms with Crippen molar-refractivity contribution < 1.29 is 14.3 Å². The summed E-state index contributed by atoms with van der Waals surface area (Å²) in [5, 5.41) is 11.8. The van der Waals surface area contributed by atoms with Gasteiger partial charge in [-0.2, -0.15) is 5.26 Å². The molecular weight excluding hydrogens is 272 g/mol. The molecule has 0 radical (unpaired) electrons. The number of methoxy groups -OCH3 is 1. The molecule has 1 aliphatic rings. The molecule has 7 heteroatoms. The highest BCUT2D eigenvalue weighted by molar-refractivity contribution is 5.97. The van der Waals surface area contributed by atoms with Crippen LogP contribution in [0.4, 0.5) is 4.79 Å². The van der Waals surface area contributed by atoms with E-state index in [-0.39, 0.29) is 17.6 Å². The lowest BCUT2D eigenvalue weighted by molar-refractivity contribution is -0.117. The largest absolute Gasteiger partial charge is 0.453 e. The van der Waals surface area contributed by atoms with Crippen LogP contribution in [0.15, 0.2) is 11.8 Å². The highest BCUT2D eigenvalue weighted by Crippen LogP contribution is 2.06. The molecule has 2 amide bonds. The summed E-state index contributed by atoms with van der Waals surface area (Å²) in [6.45, 7) is 6.67. The lowest BCUT2D eigenvalue weighted by atomic mass is 10.2. The van der Waals surface area contributed by atoms with E-state index in [0.717, 1.165) is 0 Å². The van der Waals surface area contributed by atoms with E-state index in [0.29, 0.717) is 38.6 Å². The molecular formula is C14H22N4O3. The molecule has 1 saturated heterocycles. The van der Waals surface area contributed by atoms with Crippen LogP contribution in [0, 0.1) is 17.2 Å². The normalized spacial score (nSPS) is 15.7. The monoisotopic (exact) mass is 294 g/mol. The number of nitrogens with zero attached hydrogens (tertiary/aromatic N) is 3. The summed E-state index contributed by atoms with van der Waals surface area (Å²) in [5.74, 6) is -0.0286. The molecule has 0 spiro atoms. The first kappa shape index (κ1) is 16.8. The van der Waals surface area contributed by atoms with Crippen molar-refractivity contribution in [1.82, 2.24) is 15.1 Å². The number of amides is 2. The highest BCUT2D eigenvalue weighted by Gasteiger charge is 2.21. The van der Waals surface area contributed by atoms with Crippen LogP contribution < -0.4 is 5.32 Å². The molecule has 0 aromatic rings. The molecule has 0 atom stereocenters. The topological polar surface area (TPSA) is 85.7 Å². The Bertz CT molecular complexity index is 446. The van der Waals surface area contributed by atoms with Crippen LogP contribution in [0.1, 0.15) is 13.8 Å². The zero-order valence-electron chi connectivity index (χ0n) is 12.8. The molecule has 0 saturated carbocycles. The van der Waals surface area contributed by atoms with Crippen molar-refractivity contribution in [2.75, 3.05) is 39.8 Å². The summed E-state index contributed by atoms with van der Waals surface area (Å²) in [5.41, 5.74) is 0.0853. The van der Waals surface area contributed by atoms with Crippen LogP contribution in [0.2, 0.25) is 0 Å². The Kier molecular flexibility index (Phi) is 6.53. The maximum Gasteiger partial charge on any atom is 0.409 e. The summed E-state index contributed by atoms with van der Waals surface area (Å²) in [6.07, 6.45) is 1.21. The fourth-order valence-electron chi connectivity index (χ4n) is 1.88. The second-order valence-electron chi connectivity index (χ2n) is 5.25. The molecule has 1 rings (SSSR count). The Hall–Kier alpha value is -2.23. The fraction of sp³-hybridized carbons (Fsp3) is 0.643. The predicted molar refractivity (Wildman–Crippen MR) is 77.1 cm³/mol. The van der Waals surface area contributed by atoms with Crippen molar-refractivity contribution >= 4 is 12.0 Å². The van der Waals surface area contributed by atoms with Crippen LogP contribution in [-0.4, -0.2) is 61.6 Å². The Morgan fingerprint density at radius 1 is 1.33 bits per heavy atom. The van der Waals surface area contributed by atoms with Crippen molar-refractivity contribution in [2.24, 2.45) is 5.92 Å². The number of nitrogens with one attached hydrogen (secondary N) is 1. The van der Waals surface area contributed by atoms with Gasteiger partial charge in [-0.3, -0.25) is 4.79 Å². The molecule has 1 aliphatic heterocycles. The Morgan fingerprint density at radius 3 is 2.43 bits per heavy atom. The van der Waals surface area contributed by atoms with Crippen LogP contribution in [0.3, 0.4) is 0 Å². The van der Waals surface area contributed by atoms with Gasteiger partial charge in [-0.15, -0.1) is 0 Å². The SMILES string of the molecule is COC(=O)N1CCN(/C=C(/C#N)C(=O)NCC(C)C)CC1. The average Bonchev–Trinajstić information content (AvgIpc) is 2.50. The second-order valence-corrected chi connectivity index (χ2v) is 5.25. The van der Waals surface area contributed by atoms with Crippen LogP contribution in [0.5, 0.6) is 0 Å². The van der Waals surface area contributed by atoms with Gasteiger partial charge in [0.2, 0.25) is 0 Å². The number of hydrogen-bond acceptors (Lipinski definition) is 5. The maximum atomic E-state index is 11.9. The van der Waals surface area contributed by atoms with E-state index in [1.54, 1.807) is 11.1 Å². The van der Waals surface area contributed by atoms with Gasteiger partial charge in [0.1, 0.15) is 11.6 Å². The van der Waals surface area contributed by atoms with E-state index >= 15 is 0 Å². The van der Waals surface area contributed by atoms with Gasteiger partial charge in [0.25, 0.3) is 5.91 Å². The van der Waals surface area contributed by atoms with E-state index < -0.39 is 0 Å². The van der Waals surface area contributed by atoms with Crippen LogP contribution in [0.25, 0.3) is 0 Å². The zero-order chi connectivity index (χ0) is 15.8. The number of nitriles is 1. The van der Waals surface area contributed by atoms with Gasteiger partial charge in [-0.1, -0.05) is 13.8 Å². The van der Waals surface area contributed by atoms with Gasteiger partial charge in [0.05, 0.1) is 7.11 Å². The van der Waals surface area contributed by atoms with E-state index in [9.17, 15) is 9.59 Å². The smallest absolute Gasteiger partial charge is 0.409 e. The van der Waals surface area contributed by atoms with Gasteiger partial charge in [0, 0.05) is 38.9 Å². The first-order valence-electron chi connectivity index (χ1n) is 6.95. The third kappa shape index (κ3) is 5.34.